The number of halogens is 1. The van der Waals surface area contributed by atoms with Gasteiger partial charge in [-0.15, -0.1) is 0 Å². The summed E-state index contributed by atoms with van der Waals surface area (Å²) in [6.07, 6.45) is 0.300. The molecule has 3 aromatic carbocycles. The Morgan fingerprint density at radius 2 is 1.77 bits per heavy atom. The molecular formula is C24H21ClN2O2S. The van der Waals surface area contributed by atoms with Gasteiger partial charge in [0.25, 0.3) is 0 Å². The fourth-order valence-corrected chi connectivity index (χ4v) is 4.50. The van der Waals surface area contributed by atoms with Crippen molar-refractivity contribution in [2.75, 3.05) is 12.0 Å². The van der Waals surface area contributed by atoms with Gasteiger partial charge >= 0.3 is 0 Å². The number of fused-ring (bicyclic) bond motifs is 1. The van der Waals surface area contributed by atoms with Gasteiger partial charge in [-0.05, 0) is 30.2 Å². The van der Waals surface area contributed by atoms with Crippen LogP contribution in [0.1, 0.15) is 16.7 Å². The zero-order valence-corrected chi connectivity index (χ0v) is 18.3. The zero-order chi connectivity index (χ0) is 21.1. The molecule has 0 bridgehead atoms. The molecule has 0 unspecified atom stereocenters. The summed E-state index contributed by atoms with van der Waals surface area (Å²) in [4.78, 5) is 19.8. The molecule has 152 valence electrons. The lowest BCUT2D eigenvalue weighted by molar-refractivity contribution is -0.118. The Kier molecular flexibility index (Phi) is 6.02. The van der Waals surface area contributed by atoms with Crippen molar-refractivity contribution >= 4 is 44.2 Å². The number of ether oxygens (including phenoxy) is 1. The van der Waals surface area contributed by atoms with Gasteiger partial charge in [-0.2, -0.15) is 0 Å². The normalized spacial score (nSPS) is 10.9. The first-order valence-electron chi connectivity index (χ1n) is 9.58. The van der Waals surface area contributed by atoms with Crippen molar-refractivity contribution in [1.29, 1.82) is 0 Å². The van der Waals surface area contributed by atoms with Crippen molar-refractivity contribution in [3.05, 3.63) is 88.4 Å². The van der Waals surface area contributed by atoms with E-state index in [4.69, 9.17) is 21.3 Å². The molecule has 6 heteroatoms. The molecule has 4 nitrogen and oxygen atoms in total. The Morgan fingerprint density at radius 1 is 1.03 bits per heavy atom. The minimum absolute atomic E-state index is 0.0168. The molecule has 0 atom stereocenters. The van der Waals surface area contributed by atoms with Crippen LogP contribution in [0.2, 0.25) is 5.02 Å². The standard InChI is InChI=1S/C24H21ClN2O2S/c1-16-8-10-17(11-9-16)14-21(28)27(15-18-6-4-3-5-7-18)24-26-22-20(29-2)13-12-19(25)23(22)30-24/h3-13H,14-15H2,1-2H3. The third-order valence-corrected chi connectivity index (χ3v) is 6.40. The van der Waals surface area contributed by atoms with Crippen molar-refractivity contribution in [2.45, 2.75) is 19.9 Å². The molecule has 0 aliphatic carbocycles. The highest BCUT2D eigenvalue weighted by Gasteiger charge is 2.22. The van der Waals surface area contributed by atoms with Crippen LogP contribution < -0.4 is 9.64 Å². The highest BCUT2D eigenvalue weighted by atomic mass is 35.5. The van der Waals surface area contributed by atoms with Gasteiger partial charge in [0.1, 0.15) is 11.3 Å². The smallest absolute Gasteiger partial charge is 0.233 e. The van der Waals surface area contributed by atoms with E-state index in [9.17, 15) is 4.79 Å². The van der Waals surface area contributed by atoms with Crippen molar-refractivity contribution in [1.82, 2.24) is 4.98 Å². The Morgan fingerprint density at radius 3 is 2.47 bits per heavy atom. The van der Waals surface area contributed by atoms with Crippen LogP contribution >= 0.6 is 22.9 Å². The molecule has 4 aromatic rings. The molecule has 0 aliphatic rings. The molecule has 4 rings (SSSR count). The summed E-state index contributed by atoms with van der Waals surface area (Å²) < 4.78 is 6.26. The Balaban J connectivity index is 1.73. The fraction of sp³-hybridized carbons (Fsp3) is 0.167. The zero-order valence-electron chi connectivity index (χ0n) is 16.8. The number of aryl methyl sites for hydroxylation is 1. The molecular weight excluding hydrogens is 416 g/mol. The molecule has 0 saturated heterocycles. The summed E-state index contributed by atoms with van der Waals surface area (Å²) in [7, 11) is 1.60. The molecule has 0 saturated carbocycles. The van der Waals surface area contributed by atoms with E-state index in [-0.39, 0.29) is 5.91 Å². The molecule has 1 heterocycles. The van der Waals surface area contributed by atoms with E-state index >= 15 is 0 Å². The number of benzene rings is 3. The third-order valence-electron chi connectivity index (χ3n) is 4.86. The number of thiazole rings is 1. The molecule has 0 N–H and O–H groups in total. The highest BCUT2D eigenvalue weighted by Crippen LogP contribution is 2.39. The highest BCUT2D eigenvalue weighted by molar-refractivity contribution is 7.23. The Hall–Kier alpha value is -2.89. The SMILES string of the molecule is COc1ccc(Cl)c2sc(N(Cc3ccccc3)C(=O)Cc3ccc(C)cc3)nc12. The summed E-state index contributed by atoms with van der Waals surface area (Å²) in [6, 6.07) is 21.5. The van der Waals surface area contributed by atoms with Gasteiger partial charge < -0.3 is 4.74 Å². The predicted molar refractivity (Wildman–Crippen MR) is 124 cm³/mol. The number of hydrogen-bond donors (Lipinski definition) is 0. The molecule has 0 radical (unpaired) electrons. The largest absolute Gasteiger partial charge is 0.494 e. The topological polar surface area (TPSA) is 42.4 Å². The second kappa shape index (κ2) is 8.86. The van der Waals surface area contributed by atoms with Gasteiger partial charge in [0, 0.05) is 0 Å². The van der Waals surface area contributed by atoms with Gasteiger partial charge in [-0.1, -0.05) is 83.1 Å². The van der Waals surface area contributed by atoms with E-state index in [1.165, 1.54) is 16.9 Å². The number of methoxy groups -OCH3 is 1. The maximum atomic E-state index is 13.3. The number of nitrogens with zero attached hydrogens (tertiary/aromatic N) is 2. The van der Waals surface area contributed by atoms with E-state index in [0.717, 1.165) is 15.8 Å². The lowest BCUT2D eigenvalue weighted by atomic mass is 10.1. The van der Waals surface area contributed by atoms with Crippen LogP contribution in [0.15, 0.2) is 66.7 Å². The summed E-state index contributed by atoms with van der Waals surface area (Å²) in [6.45, 7) is 2.47. The lowest BCUT2D eigenvalue weighted by Gasteiger charge is -2.20. The quantitative estimate of drug-likeness (QED) is 0.370. The maximum absolute atomic E-state index is 13.3. The molecule has 0 fully saturated rings. The fourth-order valence-electron chi connectivity index (χ4n) is 3.23. The first-order chi connectivity index (χ1) is 14.5. The molecule has 0 spiro atoms. The van der Waals surface area contributed by atoms with Gasteiger partial charge in [0.2, 0.25) is 5.91 Å². The summed E-state index contributed by atoms with van der Waals surface area (Å²) in [5, 5.41) is 1.21. The monoisotopic (exact) mass is 436 g/mol. The van der Waals surface area contributed by atoms with E-state index < -0.39 is 0 Å². The van der Waals surface area contributed by atoms with E-state index in [0.29, 0.717) is 34.4 Å². The van der Waals surface area contributed by atoms with Crippen LogP contribution in [0.4, 0.5) is 5.13 Å². The number of carbonyl (C=O) groups is 1. The van der Waals surface area contributed by atoms with Crippen molar-refractivity contribution < 1.29 is 9.53 Å². The second-order valence-electron chi connectivity index (χ2n) is 7.05. The molecule has 30 heavy (non-hydrogen) atoms. The lowest BCUT2D eigenvalue weighted by Crippen LogP contribution is -2.31. The van der Waals surface area contributed by atoms with Crippen molar-refractivity contribution in [2.24, 2.45) is 0 Å². The van der Waals surface area contributed by atoms with E-state index in [1.807, 2.05) is 61.5 Å². The van der Waals surface area contributed by atoms with E-state index in [2.05, 4.69) is 0 Å². The minimum atomic E-state index is -0.0168. The van der Waals surface area contributed by atoms with Gasteiger partial charge in [0.05, 0.1) is 29.8 Å². The average Bonchev–Trinajstić information content (AvgIpc) is 3.21. The van der Waals surface area contributed by atoms with Crippen LogP contribution in [0, 0.1) is 6.92 Å². The van der Waals surface area contributed by atoms with Crippen LogP contribution in [-0.2, 0) is 17.8 Å². The summed E-state index contributed by atoms with van der Waals surface area (Å²) in [5.41, 5.74) is 3.85. The number of rotatable bonds is 6. The number of anilines is 1. The van der Waals surface area contributed by atoms with Gasteiger partial charge in [-0.3, -0.25) is 9.69 Å². The van der Waals surface area contributed by atoms with Gasteiger partial charge in [-0.25, -0.2) is 4.98 Å². The van der Waals surface area contributed by atoms with Crippen LogP contribution in [0.25, 0.3) is 10.2 Å². The summed E-state index contributed by atoms with van der Waals surface area (Å²) >= 11 is 7.80. The second-order valence-corrected chi connectivity index (χ2v) is 8.44. The maximum Gasteiger partial charge on any atom is 0.233 e. The van der Waals surface area contributed by atoms with Crippen molar-refractivity contribution in [3.8, 4) is 5.75 Å². The molecule has 1 amide bonds. The average molecular weight is 437 g/mol. The van der Waals surface area contributed by atoms with Crippen LogP contribution in [0.5, 0.6) is 5.75 Å². The van der Waals surface area contributed by atoms with Crippen LogP contribution in [0.3, 0.4) is 0 Å². The van der Waals surface area contributed by atoms with Gasteiger partial charge in [0.15, 0.2) is 5.13 Å². The number of aromatic nitrogens is 1. The van der Waals surface area contributed by atoms with Crippen LogP contribution in [-0.4, -0.2) is 18.0 Å². The molecule has 0 aliphatic heterocycles. The van der Waals surface area contributed by atoms with Crippen molar-refractivity contribution in [3.63, 3.8) is 0 Å². The Labute approximate surface area is 184 Å². The minimum Gasteiger partial charge on any atom is -0.494 e. The predicted octanol–water partition coefficient (Wildman–Crippen LogP) is 6.04. The first-order valence-corrected chi connectivity index (χ1v) is 10.8. The Bertz CT molecular complexity index is 1170. The number of amides is 1. The number of carbonyl (C=O) groups excluding carboxylic acids is 1. The molecule has 1 aromatic heterocycles. The number of hydrogen-bond acceptors (Lipinski definition) is 4. The third kappa shape index (κ3) is 4.32. The summed E-state index contributed by atoms with van der Waals surface area (Å²) in [5.74, 6) is 0.624. The van der Waals surface area contributed by atoms with E-state index in [1.54, 1.807) is 24.1 Å². The first kappa shape index (κ1) is 20.4.